The second-order valence-corrected chi connectivity index (χ2v) is 6.64. The first-order valence-electron chi connectivity index (χ1n) is 6.92. The van der Waals surface area contributed by atoms with Gasteiger partial charge < -0.3 is 5.11 Å². The van der Waals surface area contributed by atoms with Gasteiger partial charge in [-0.05, 0) is 35.9 Å². The van der Waals surface area contributed by atoms with Crippen molar-refractivity contribution in [3.8, 4) is 5.75 Å². The predicted molar refractivity (Wildman–Crippen MR) is 97.1 cm³/mol. The summed E-state index contributed by atoms with van der Waals surface area (Å²) in [6, 6.07) is 12.4. The normalized spacial score (nSPS) is 11.2. The molecule has 0 aliphatic carbocycles. The number of phenolic OH excluding ortho intramolecular Hbond substituents is 1. The Morgan fingerprint density at radius 1 is 1.12 bits per heavy atom. The van der Waals surface area contributed by atoms with E-state index in [1.807, 2.05) is 24.3 Å². The van der Waals surface area contributed by atoms with E-state index in [0.717, 1.165) is 5.56 Å². The van der Waals surface area contributed by atoms with Gasteiger partial charge in [0.2, 0.25) is 5.16 Å². The van der Waals surface area contributed by atoms with Crippen LogP contribution < -0.4 is 0 Å². The SMILES string of the molecule is Oc1ccc(Cl)cc1/C=N/n1cnnc1SCc1ccc(Cl)cc1. The van der Waals surface area contributed by atoms with Crippen molar-refractivity contribution in [3.05, 3.63) is 70.0 Å². The molecule has 0 spiro atoms. The summed E-state index contributed by atoms with van der Waals surface area (Å²) >= 11 is 13.3. The Morgan fingerprint density at radius 2 is 1.88 bits per heavy atom. The average molecular weight is 379 g/mol. The Labute approximate surface area is 152 Å². The van der Waals surface area contributed by atoms with Crippen molar-refractivity contribution < 1.29 is 5.11 Å². The lowest BCUT2D eigenvalue weighted by Crippen LogP contribution is -1.93. The number of aromatic nitrogens is 3. The molecular formula is C16H12Cl2N4OS. The molecule has 0 radical (unpaired) electrons. The molecule has 0 atom stereocenters. The van der Waals surface area contributed by atoms with E-state index in [1.54, 1.807) is 16.8 Å². The van der Waals surface area contributed by atoms with Gasteiger partial charge in [-0.2, -0.15) is 9.78 Å². The molecule has 0 saturated heterocycles. The van der Waals surface area contributed by atoms with E-state index in [1.165, 1.54) is 30.4 Å². The highest BCUT2D eigenvalue weighted by atomic mass is 35.5. The molecule has 0 bridgehead atoms. The molecule has 1 N–H and O–H groups in total. The fourth-order valence-electron chi connectivity index (χ4n) is 1.88. The monoisotopic (exact) mass is 378 g/mol. The van der Waals surface area contributed by atoms with Crippen LogP contribution in [0.4, 0.5) is 0 Å². The van der Waals surface area contributed by atoms with Crippen LogP contribution in [0.5, 0.6) is 5.75 Å². The maximum atomic E-state index is 9.80. The fourth-order valence-corrected chi connectivity index (χ4v) is 3.00. The Morgan fingerprint density at radius 3 is 2.67 bits per heavy atom. The van der Waals surface area contributed by atoms with Gasteiger partial charge in [-0.3, -0.25) is 0 Å². The molecule has 122 valence electrons. The number of phenols is 1. The molecule has 2 aromatic carbocycles. The summed E-state index contributed by atoms with van der Waals surface area (Å²) in [7, 11) is 0. The predicted octanol–water partition coefficient (Wildman–Crippen LogP) is 4.47. The standard InChI is InChI=1S/C16H12Cl2N4OS/c17-13-3-1-11(2-4-13)9-24-16-21-19-10-22(16)20-8-12-7-14(18)5-6-15(12)23/h1-8,10,23H,9H2/b20-8+. The number of halogens is 2. The summed E-state index contributed by atoms with van der Waals surface area (Å²) < 4.78 is 1.54. The molecule has 0 saturated carbocycles. The number of thioether (sulfide) groups is 1. The second kappa shape index (κ2) is 7.70. The summed E-state index contributed by atoms with van der Waals surface area (Å²) in [6.45, 7) is 0. The Balaban J connectivity index is 1.72. The molecule has 3 rings (SSSR count). The molecule has 5 nitrogen and oxygen atoms in total. The zero-order chi connectivity index (χ0) is 16.9. The molecule has 0 aliphatic heterocycles. The van der Waals surface area contributed by atoms with Crippen LogP contribution in [-0.4, -0.2) is 26.2 Å². The van der Waals surface area contributed by atoms with Gasteiger partial charge in [-0.15, -0.1) is 10.2 Å². The Kier molecular flexibility index (Phi) is 5.40. The largest absolute Gasteiger partial charge is 0.507 e. The van der Waals surface area contributed by atoms with Crippen LogP contribution in [0.25, 0.3) is 0 Å². The van der Waals surface area contributed by atoms with Gasteiger partial charge in [0.25, 0.3) is 0 Å². The summed E-state index contributed by atoms with van der Waals surface area (Å²) in [6.07, 6.45) is 3.01. The summed E-state index contributed by atoms with van der Waals surface area (Å²) in [5, 5.41) is 23.9. The smallest absolute Gasteiger partial charge is 0.212 e. The van der Waals surface area contributed by atoms with Gasteiger partial charge in [0, 0.05) is 21.4 Å². The highest BCUT2D eigenvalue weighted by Gasteiger charge is 2.05. The minimum Gasteiger partial charge on any atom is -0.507 e. The van der Waals surface area contributed by atoms with Crippen LogP contribution in [0.1, 0.15) is 11.1 Å². The van der Waals surface area contributed by atoms with E-state index in [0.29, 0.717) is 26.5 Å². The molecule has 0 unspecified atom stereocenters. The third-order valence-corrected chi connectivity index (χ3v) is 4.58. The van der Waals surface area contributed by atoms with Gasteiger partial charge in [-0.25, -0.2) is 0 Å². The highest BCUT2D eigenvalue weighted by Crippen LogP contribution is 2.22. The summed E-state index contributed by atoms with van der Waals surface area (Å²) in [5.41, 5.74) is 1.64. The molecule has 0 amide bonds. The van der Waals surface area contributed by atoms with Gasteiger partial charge in [0.1, 0.15) is 12.1 Å². The zero-order valence-electron chi connectivity index (χ0n) is 12.3. The quantitative estimate of drug-likeness (QED) is 0.525. The van der Waals surface area contributed by atoms with Crippen molar-refractivity contribution in [2.24, 2.45) is 5.10 Å². The van der Waals surface area contributed by atoms with Crippen LogP contribution in [0.3, 0.4) is 0 Å². The molecule has 3 aromatic rings. The van der Waals surface area contributed by atoms with E-state index >= 15 is 0 Å². The highest BCUT2D eigenvalue weighted by molar-refractivity contribution is 7.98. The number of nitrogens with zero attached hydrogens (tertiary/aromatic N) is 4. The van der Waals surface area contributed by atoms with Gasteiger partial charge >= 0.3 is 0 Å². The van der Waals surface area contributed by atoms with Crippen molar-refractivity contribution in [1.82, 2.24) is 14.9 Å². The molecule has 0 fully saturated rings. The fraction of sp³-hybridized carbons (Fsp3) is 0.0625. The van der Waals surface area contributed by atoms with E-state index in [2.05, 4.69) is 15.3 Å². The van der Waals surface area contributed by atoms with Gasteiger partial charge in [0.15, 0.2) is 0 Å². The van der Waals surface area contributed by atoms with Crippen LogP contribution in [-0.2, 0) is 5.75 Å². The first kappa shape index (κ1) is 16.8. The lowest BCUT2D eigenvalue weighted by atomic mass is 10.2. The topological polar surface area (TPSA) is 63.3 Å². The number of aromatic hydroxyl groups is 1. The first-order chi connectivity index (χ1) is 11.6. The Bertz CT molecular complexity index is 865. The lowest BCUT2D eigenvalue weighted by Gasteiger charge is -2.02. The van der Waals surface area contributed by atoms with E-state index in [4.69, 9.17) is 23.2 Å². The minimum atomic E-state index is 0.103. The molecule has 0 aliphatic rings. The van der Waals surface area contributed by atoms with Crippen molar-refractivity contribution in [3.63, 3.8) is 0 Å². The van der Waals surface area contributed by atoms with E-state index < -0.39 is 0 Å². The number of benzene rings is 2. The van der Waals surface area contributed by atoms with E-state index in [-0.39, 0.29) is 5.75 Å². The number of hydrogen-bond acceptors (Lipinski definition) is 5. The third-order valence-electron chi connectivity index (χ3n) is 3.09. The maximum absolute atomic E-state index is 9.80. The lowest BCUT2D eigenvalue weighted by molar-refractivity contribution is 0.474. The van der Waals surface area contributed by atoms with Crippen LogP contribution in [0.15, 0.2) is 59.0 Å². The van der Waals surface area contributed by atoms with Crippen molar-refractivity contribution >= 4 is 41.2 Å². The summed E-state index contributed by atoms with van der Waals surface area (Å²) in [4.78, 5) is 0. The van der Waals surface area contributed by atoms with Crippen molar-refractivity contribution in [2.75, 3.05) is 0 Å². The second-order valence-electron chi connectivity index (χ2n) is 4.82. The molecule has 24 heavy (non-hydrogen) atoms. The summed E-state index contributed by atoms with van der Waals surface area (Å²) in [5.74, 6) is 0.819. The van der Waals surface area contributed by atoms with Crippen LogP contribution >= 0.6 is 35.0 Å². The maximum Gasteiger partial charge on any atom is 0.212 e. The van der Waals surface area contributed by atoms with Gasteiger partial charge in [-0.1, -0.05) is 47.1 Å². The molecule has 1 heterocycles. The first-order valence-corrected chi connectivity index (χ1v) is 8.66. The van der Waals surface area contributed by atoms with Crippen molar-refractivity contribution in [1.29, 1.82) is 0 Å². The molecular weight excluding hydrogens is 367 g/mol. The number of rotatable bonds is 5. The van der Waals surface area contributed by atoms with Gasteiger partial charge in [0.05, 0.1) is 6.21 Å². The van der Waals surface area contributed by atoms with Crippen molar-refractivity contribution in [2.45, 2.75) is 10.9 Å². The average Bonchev–Trinajstić information content (AvgIpc) is 3.02. The van der Waals surface area contributed by atoms with Crippen LogP contribution in [0, 0.1) is 0 Å². The Hall–Kier alpha value is -2.02. The number of hydrogen-bond donors (Lipinski definition) is 1. The molecule has 8 heteroatoms. The third kappa shape index (κ3) is 4.29. The van der Waals surface area contributed by atoms with Crippen LogP contribution in [0.2, 0.25) is 10.0 Å². The minimum absolute atomic E-state index is 0.103. The molecule has 1 aromatic heterocycles. The van der Waals surface area contributed by atoms with E-state index in [9.17, 15) is 5.11 Å². The zero-order valence-corrected chi connectivity index (χ0v) is 14.6.